The highest BCUT2D eigenvalue weighted by Gasteiger charge is 2.10. The van der Waals surface area contributed by atoms with E-state index in [9.17, 15) is 13.6 Å². The molecule has 0 aliphatic carbocycles. The summed E-state index contributed by atoms with van der Waals surface area (Å²) < 4.78 is 27.1. The van der Waals surface area contributed by atoms with Crippen molar-refractivity contribution in [3.63, 3.8) is 0 Å². The lowest BCUT2D eigenvalue weighted by atomic mass is 10.2. The quantitative estimate of drug-likeness (QED) is 0.818. The van der Waals surface area contributed by atoms with Gasteiger partial charge in [-0.25, -0.2) is 13.6 Å². The van der Waals surface area contributed by atoms with Crippen molar-refractivity contribution in [2.45, 2.75) is 6.92 Å². The third-order valence-electron chi connectivity index (χ3n) is 2.64. The minimum atomic E-state index is -0.639. The number of carbonyl (C=O) groups is 1. The fourth-order valence-electron chi connectivity index (χ4n) is 1.62. The number of aryl methyl sites for hydroxylation is 1. The molecule has 2 amide bonds. The number of halogens is 3. The molecule has 2 aromatic rings. The van der Waals surface area contributed by atoms with Crippen LogP contribution in [0.15, 0.2) is 40.9 Å². The van der Waals surface area contributed by atoms with Crippen LogP contribution in [-0.4, -0.2) is 6.03 Å². The van der Waals surface area contributed by atoms with Crippen molar-refractivity contribution in [1.29, 1.82) is 0 Å². The lowest BCUT2D eigenvalue weighted by Gasteiger charge is -2.11. The van der Waals surface area contributed by atoms with Crippen LogP contribution >= 0.6 is 15.9 Å². The van der Waals surface area contributed by atoms with E-state index in [0.717, 1.165) is 0 Å². The molecule has 2 N–H and O–H groups in total. The fraction of sp³-hybridized carbons (Fsp3) is 0.0714. The number of carbonyl (C=O) groups excluding carboxylic acids is 1. The summed E-state index contributed by atoms with van der Waals surface area (Å²) in [6.45, 7) is 1.73. The molecule has 0 spiro atoms. The van der Waals surface area contributed by atoms with Crippen LogP contribution in [0.2, 0.25) is 0 Å². The van der Waals surface area contributed by atoms with Crippen molar-refractivity contribution < 1.29 is 13.6 Å². The molecular weight excluding hydrogens is 330 g/mol. The van der Waals surface area contributed by atoms with Crippen LogP contribution in [0.25, 0.3) is 0 Å². The molecular formula is C14H11BrF2N2O. The van der Waals surface area contributed by atoms with E-state index in [0.29, 0.717) is 15.7 Å². The van der Waals surface area contributed by atoms with E-state index in [1.165, 1.54) is 24.3 Å². The first kappa shape index (κ1) is 14.5. The summed E-state index contributed by atoms with van der Waals surface area (Å²) in [5.41, 5.74) is 1.06. The van der Waals surface area contributed by atoms with Crippen LogP contribution in [0.3, 0.4) is 0 Å². The maximum Gasteiger partial charge on any atom is 0.323 e. The number of anilines is 2. The number of amides is 2. The molecule has 20 heavy (non-hydrogen) atoms. The highest BCUT2D eigenvalue weighted by Crippen LogP contribution is 2.24. The number of para-hydroxylation sites is 1. The van der Waals surface area contributed by atoms with Gasteiger partial charge in [0.1, 0.15) is 11.6 Å². The van der Waals surface area contributed by atoms with Gasteiger partial charge >= 0.3 is 6.03 Å². The number of nitrogens with one attached hydrogen (secondary N) is 2. The first-order valence-electron chi connectivity index (χ1n) is 5.75. The van der Waals surface area contributed by atoms with E-state index in [1.54, 1.807) is 19.1 Å². The third-order valence-corrected chi connectivity index (χ3v) is 3.25. The van der Waals surface area contributed by atoms with E-state index in [1.807, 2.05) is 0 Å². The summed E-state index contributed by atoms with van der Waals surface area (Å²) in [5.74, 6) is -1.03. The highest BCUT2D eigenvalue weighted by molar-refractivity contribution is 9.10. The van der Waals surface area contributed by atoms with Gasteiger partial charge in [-0.2, -0.15) is 0 Å². The maximum atomic E-state index is 13.4. The summed E-state index contributed by atoms with van der Waals surface area (Å²) in [6.07, 6.45) is 0. The van der Waals surface area contributed by atoms with E-state index in [2.05, 4.69) is 26.6 Å². The van der Waals surface area contributed by atoms with E-state index in [4.69, 9.17) is 0 Å². The zero-order valence-electron chi connectivity index (χ0n) is 10.5. The molecule has 0 aliphatic rings. The normalized spacial score (nSPS) is 10.2. The number of urea groups is 1. The monoisotopic (exact) mass is 340 g/mol. The fourth-order valence-corrected chi connectivity index (χ4v) is 2.08. The number of rotatable bonds is 2. The van der Waals surface area contributed by atoms with Gasteiger partial charge in [-0.15, -0.1) is 0 Å². The Morgan fingerprint density at radius 2 is 1.70 bits per heavy atom. The van der Waals surface area contributed by atoms with Crippen LogP contribution in [-0.2, 0) is 0 Å². The van der Waals surface area contributed by atoms with Crippen LogP contribution in [0, 0.1) is 18.6 Å². The van der Waals surface area contributed by atoms with Gasteiger partial charge < -0.3 is 10.6 Å². The number of benzene rings is 2. The molecule has 0 aliphatic heterocycles. The molecule has 0 saturated carbocycles. The zero-order valence-corrected chi connectivity index (χ0v) is 12.1. The molecule has 3 nitrogen and oxygen atoms in total. The predicted octanol–water partition coefficient (Wildman–Crippen LogP) is 4.68. The summed E-state index contributed by atoms with van der Waals surface area (Å²) in [7, 11) is 0. The molecule has 0 unspecified atom stereocenters. The Balaban J connectivity index is 2.13. The largest absolute Gasteiger partial charge is 0.323 e. The Bertz CT molecular complexity index is 662. The standard InChI is InChI=1S/C14H11BrF2N2O/c1-8-6-9(15)11(17)7-13(8)19-14(20)18-12-5-3-2-4-10(12)16/h2-7H,1H3,(H2,18,19,20). The number of hydrogen-bond donors (Lipinski definition) is 2. The Morgan fingerprint density at radius 1 is 1.05 bits per heavy atom. The second-order valence-electron chi connectivity index (χ2n) is 4.14. The van der Waals surface area contributed by atoms with Crippen molar-refractivity contribution in [2.75, 3.05) is 10.6 Å². The molecule has 0 fully saturated rings. The minimum Gasteiger partial charge on any atom is -0.307 e. The molecule has 104 valence electrons. The van der Waals surface area contributed by atoms with Crippen molar-refractivity contribution in [3.05, 3.63) is 58.1 Å². The van der Waals surface area contributed by atoms with Crippen LogP contribution in [0.5, 0.6) is 0 Å². The van der Waals surface area contributed by atoms with Crippen molar-refractivity contribution >= 4 is 33.3 Å². The van der Waals surface area contributed by atoms with Gasteiger partial charge in [0.15, 0.2) is 0 Å². The van der Waals surface area contributed by atoms with E-state index < -0.39 is 17.7 Å². The number of hydrogen-bond acceptors (Lipinski definition) is 1. The van der Waals surface area contributed by atoms with Gasteiger partial charge in [0.05, 0.1) is 10.2 Å². The predicted molar refractivity (Wildman–Crippen MR) is 77.9 cm³/mol. The summed E-state index contributed by atoms with van der Waals surface area (Å²) in [6, 6.07) is 7.90. The zero-order chi connectivity index (χ0) is 14.7. The average molecular weight is 341 g/mol. The molecule has 6 heteroatoms. The summed E-state index contributed by atoms with van der Waals surface area (Å²) >= 11 is 3.06. The summed E-state index contributed by atoms with van der Waals surface area (Å²) in [4.78, 5) is 11.8. The highest BCUT2D eigenvalue weighted by atomic mass is 79.9. The third kappa shape index (κ3) is 3.33. The minimum absolute atomic E-state index is 0.0558. The molecule has 2 aromatic carbocycles. The molecule has 2 rings (SSSR count). The van der Waals surface area contributed by atoms with Gasteiger partial charge in [-0.3, -0.25) is 0 Å². The molecule has 0 aromatic heterocycles. The molecule has 0 atom stereocenters. The Labute approximate surface area is 123 Å². The Morgan fingerprint density at radius 3 is 2.40 bits per heavy atom. The Kier molecular flexibility index (Phi) is 4.34. The van der Waals surface area contributed by atoms with Crippen molar-refractivity contribution in [2.24, 2.45) is 0 Å². The smallest absolute Gasteiger partial charge is 0.307 e. The lowest BCUT2D eigenvalue weighted by molar-refractivity contribution is 0.262. The van der Waals surface area contributed by atoms with Crippen LogP contribution in [0.1, 0.15) is 5.56 Å². The summed E-state index contributed by atoms with van der Waals surface area (Å²) in [5, 5.41) is 4.84. The van der Waals surface area contributed by atoms with Gasteiger partial charge in [0, 0.05) is 5.69 Å². The molecule has 0 bridgehead atoms. The van der Waals surface area contributed by atoms with E-state index in [-0.39, 0.29) is 5.69 Å². The van der Waals surface area contributed by atoms with Gasteiger partial charge in [0.25, 0.3) is 0 Å². The topological polar surface area (TPSA) is 41.1 Å². The van der Waals surface area contributed by atoms with Crippen LogP contribution in [0.4, 0.5) is 25.0 Å². The first-order valence-corrected chi connectivity index (χ1v) is 6.55. The molecule has 0 radical (unpaired) electrons. The van der Waals surface area contributed by atoms with Crippen LogP contribution < -0.4 is 10.6 Å². The maximum absolute atomic E-state index is 13.4. The second kappa shape index (κ2) is 6.00. The molecule has 0 saturated heterocycles. The van der Waals surface area contributed by atoms with Gasteiger partial charge in [0.2, 0.25) is 0 Å². The SMILES string of the molecule is Cc1cc(Br)c(F)cc1NC(=O)Nc1ccccc1F. The average Bonchev–Trinajstić information content (AvgIpc) is 2.39. The second-order valence-corrected chi connectivity index (χ2v) is 4.99. The van der Waals surface area contributed by atoms with E-state index >= 15 is 0 Å². The molecule has 0 heterocycles. The Hall–Kier alpha value is -1.95. The first-order chi connectivity index (χ1) is 9.47. The van der Waals surface area contributed by atoms with Crippen molar-refractivity contribution in [1.82, 2.24) is 0 Å². The lowest BCUT2D eigenvalue weighted by Crippen LogP contribution is -2.20. The van der Waals surface area contributed by atoms with Crippen molar-refractivity contribution in [3.8, 4) is 0 Å². The van der Waals surface area contributed by atoms with Gasteiger partial charge in [-0.05, 0) is 52.7 Å². The van der Waals surface area contributed by atoms with Gasteiger partial charge in [-0.1, -0.05) is 12.1 Å².